The largest absolute Gasteiger partial charge is 0.507 e. The number of nitrogens with zero attached hydrogens (tertiary/aromatic N) is 1. The number of carbonyl (C=O) groups excluding carboxylic acids is 2. The molecule has 0 fully saturated rings. The van der Waals surface area contributed by atoms with E-state index in [0.717, 1.165) is 36.8 Å². The second-order valence-corrected chi connectivity index (χ2v) is 10.2. The Balaban J connectivity index is 0.000000337. The van der Waals surface area contributed by atoms with Gasteiger partial charge in [0, 0.05) is 17.2 Å². The first-order chi connectivity index (χ1) is 21.4. The third-order valence-electron chi connectivity index (χ3n) is 7.17. The minimum absolute atomic E-state index is 0. The van der Waals surface area contributed by atoms with E-state index in [1.807, 2.05) is 66.7 Å². The predicted octanol–water partition coefficient (Wildman–Crippen LogP) is 9.04. The van der Waals surface area contributed by atoms with Crippen molar-refractivity contribution in [2.45, 2.75) is 47.0 Å². The first-order valence-corrected chi connectivity index (χ1v) is 14.8. The second kappa shape index (κ2) is 19.2. The topological polar surface area (TPSA) is 96.6 Å². The number of carbonyl (C=O) groups is 2. The summed E-state index contributed by atoms with van der Waals surface area (Å²) in [6.07, 6.45) is 4.25. The van der Waals surface area contributed by atoms with Gasteiger partial charge in [-0.05, 0) is 35.6 Å². The van der Waals surface area contributed by atoms with E-state index in [2.05, 4.69) is 19.9 Å². The number of unbranched alkanes of at least 4 members (excludes halogenated alkanes) is 1. The molecule has 0 aliphatic carbocycles. The molecule has 1 N–H and O–H groups in total. The third-order valence-corrected chi connectivity index (χ3v) is 7.17. The molecule has 0 radical (unpaired) electrons. The van der Waals surface area contributed by atoms with Crippen LogP contribution in [-0.2, 0) is 9.53 Å². The van der Waals surface area contributed by atoms with E-state index in [-0.39, 0.29) is 30.1 Å². The fourth-order valence-electron chi connectivity index (χ4n) is 4.61. The van der Waals surface area contributed by atoms with Gasteiger partial charge in [0.15, 0.2) is 5.78 Å². The molecule has 0 heterocycles. The summed E-state index contributed by atoms with van der Waals surface area (Å²) in [6, 6.07) is 34.6. The van der Waals surface area contributed by atoms with Gasteiger partial charge in [-0.25, -0.2) is 4.79 Å². The van der Waals surface area contributed by atoms with Gasteiger partial charge in [0.05, 0.1) is 19.3 Å². The zero-order valence-electron chi connectivity index (χ0n) is 25.5. The minimum atomic E-state index is -0.546. The maximum atomic E-state index is 12.8. The van der Waals surface area contributed by atoms with Crippen LogP contribution in [0.15, 0.2) is 115 Å². The fraction of sp³-hybridized carbons (Fsp3) is 0.256. The molecule has 0 saturated carbocycles. The summed E-state index contributed by atoms with van der Waals surface area (Å²) < 4.78 is 10.5. The molecule has 0 amide bonds. The Bertz CT molecular complexity index is 1520. The Labute approximate surface area is 267 Å². The average molecular weight is 606 g/mol. The molecule has 0 spiro atoms. The molecular weight excluding hydrogens is 562 g/mol. The molecule has 6 heteroatoms. The summed E-state index contributed by atoms with van der Waals surface area (Å²) in [5.74, 6) is 0.0389. The van der Waals surface area contributed by atoms with E-state index in [4.69, 9.17) is 9.47 Å². The Kier molecular flexibility index (Phi) is 15.4. The molecule has 4 aromatic rings. The van der Waals surface area contributed by atoms with Gasteiger partial charge in [0.1, 0.15) is 23.1 Å². The standard InChI is InChI=1S/C24H27NO2.C14H12O3.CH4/c1-3-5-12-19(4-2)18-27-24(26)22(17-25)23(20-13-8-6-9-14-20)21-15-10-7-11-16-21;1-17-11-7-8-12(13(15)9-11)14(16)10-5-3-2-4-6-10;/h6-11,13-16,19H,3-5,12,18H2,1-2H3;2-9,15H,1H3;1H4. The van der Waals surface area contributed by atoms with Crippen molar-refractivity contribution in [2.75, 3.05) is 13.7 Å². The number of ether oxygens (including phenoxy) is 2. The van der Waals surface area contributed by atoms with Crippen molar-refractivity contribution in [3.8, 4) is 17.6 Å². The highest BCUT2D eigenvalue weighted by Crippen LogP contribution is 2.28. The smallest absolute Gasteiger partial charge is 0.349 e. The number of aromatic hydroxyl groups is 1. The van der Waals surface area contributed by atoms with Crippen molar-refractivity contribution in [3.05, 3.63) is 137 Å². The maximum absolute atomic E-state index is 12.8. The number of methoxy groups -OCH3 is 1. The molecule has 4 aromatic carbocycles. The molecule has 4 rings (SSSR count). The van der Waals surface area contributed by atoms with E-state index >= 15 is 0 Å². The number of benzene rings is 4. The molecule has 0 aliphatic heterocycles. The quantitative estimate of drug-likeness (QED) is 0.0749. The van der Waals surface area contributed by atoms with Crippen LogP contribution >= 0.6 is 0 Å². The Hall–Kier alpha value is -5.15. The van der Waals surface area contributed by atoms with Crippen molar-refractivity contribution < 1.29 is 24.2 Å². The number of hydrogen-bond acceptors (Lipinski definition) is 6. The van der Waals surface area contributed by atoms with Crippen molar-refractivity contribution in [1.82, 2.24) is 0 Å². The summed E-state index contributed by atoms with van der Waals surface area (Å²) in [7, 11) is 1.51. The van der Waals surface area contributed by atoms with E-state index < -0.39 is 5.97 Å². The normalized spacial score (nSPS) is 10.5. The number of phenols is 1. The Morgan fingerprint density at radius 2 is 1.36 bits per heavy atom. The van der Waals surface area contributed by atoms with Crippen LogP contribution in [0.2, 0.25) is 0 Å². The maximum Gasteiger partial charge on any atom is 0.349 e. The summed E-state index contributed by atoms with van der Waals surface area (Å²) in [6.45, 7) is 4.62. The monoisotopic (exact) mass is 605 g/mol. The second-order valence-electron chi connectivity index (χ2n) is 10.2. The van der Waals surface area contributed by atoms with Crippen LogP contribution in [0.25, 0.3) is 5.57 Å². The Morgan fingerprint density at radius 3 is 1.80 bits per heavy atom. The highest BCUT2D eigenvalue weighted by atomic mass is 16.5. The van der Waals surface area contributed by atoms with Crippen LogP contribution in [0.5, 0.6) is 11.5 Å². The van der Waals surface area contributed by atoms with Crippen LogP contribution in [0, 0.1) is 17.2 Å². The van der Waals surface area contributed by atoms with E-state index in [1.54, 1.807) is 36.4 Å². The van der Waals surface area contributed by atoms with Crippen molar-refractivity contribution in [3.63, 3.8) is 0 Å². The van der Waals surface area contributed by atoms with Gasteiger partial charge < -0.3 is 14.6 Å². The van der Waals surface area contributed by atoms with E-state index in [0.29, 0.717) is 29.4 Å². The van der Waals surface area contributed by atoms with Crippen molar-refractivity contribution in [2.24, 2.45) is 5.92 Å². The van der Waals surface area contributed by atoms with Crippen LogP contribution in [0.3, 0.4) is 0 Å². The molecule has 1 atom stereocenters. The molecule has 0 saturated heterocycles. The predicted molar refractivity (Wildman–Crippen MR) is 180 cm³/mol. The zero-order valence-corrected chi connectivity index (χ0v) is 25.5. The molecule has 45 heavy (non-hydrogen) atoms. The summed E-state index contributed by atoms with van der Waals surface area (Å²) in [4.78, 5) is 24.8. The number of phenolic OH excluding ortho intramolecular Hbond substituents is 1. The van der Waals surface area contributed by atoms with Crippen LogP contribution in [-0.4, -0.2) is 30.6 Å². The summed E-state index contributed by atoms with van der Waals surface area (Å²) in [5, 5.41) is 19.5. The van der Waals surface area contributed by atoms with Gasteiger partial charge in [-0.15, -0.1) is 0 Å². The summed E-state index contributed by atoms with van der Waals surface area (Å²) in [5.41, 5.74) is 3.15. The first-order valence-electron chi connectivity index (χ1n) is 14.8. The molecule has 234 valence electrons. The number of ketones is 1. The highest BCUT2D eigenvalue weighted by Gasteiger charge is 2.21. The van der Waals surface area contributed by atoms with Gasteiger partial charge in [-0.3, -0.25) is 4.79 Å². The number of nitriles is 1. The number of rotatable bonds is 12. The minimum Gasteiger partial charge on any atom is -0.507 e. The molecule has 0 aromatic heterocycles. The number of hydrogen-bond donors (Lipinski definition) is 1. The fourth-order valence-corrected chi connectivity index (χ4v) is 4.61. The summed E-state index contributed by atoms with van der Waals surface area (Å²) >= 11 is 0. The lowest BCUT2D eigenvalue weighted by molar-refractivity contribution is -0.139. The van der Waals surface area contributed by atoms with Crippen LogP contribution in [0.1, 0.15) is 74.0 Å². The third kappa shape index (κ3) is 10.5. The van der Waals surface area contributed by atoms with Gasteiger partial charge in [0.2, 0.25) is 0 Å². The van der Waals surface area contributed by atoms with E-state index in [9.17, 15) is 20.0 Å². The lowest BCUT2D eigenvalue weighted by atomic mass is 9.93. The lowest BCUT2D eigenvalue weighted by Crippen LogP contribution is -2.16. The Morgan fingerprint density at radius 1 is 0.822 bits per heavy atom. The molecule has 1 unspecified atom stereocenters. The van der Waals surface area contributed by atoms with E-state index in [1.165, 1.54) is 13.2 Å². The zero-order chi connectivity index (χ0) is 31.7. The molecule has 0 bridgehead atoms. The van der Waals surface area contributed by atoms with Crippen LogP contribution < -0.4 is 4.74 Å². The first kappa shape index (κ1) is 36.0. The van der Waals surface area contributed by atoms with Gasteiger partial charge in [-0.2, -0.15) is 5.26 Å². The SMILES string of the molecule is C.CCCCC(CC)COC(=O)C(C#N)=C(c1ccccc1)c1ccccc1.COc1ccc(C(=O)c2ccccc2)c(O)c1. The van der Waals surface area contributed by atoms with Gasteiger partial charge in [-0.1, -0.05) is 132 Å². The molecule has 0 aliphatic rings. The van der Waals surface area contributed by atoms with Crippen molar-refractivity contribution in [1.29, 1.82) is 5.26 Å². The lowest BCUT2D eigenvalue weighted by Gasteiger charge is -2.16. The van der Waals surface area contributed by atoms with Crippen LogP contribution in [0.4, 0.5) is 0 Å². The molecular formula is C39H43NO5. The molecule has 6 nitrogen and oxygen atoms in total. The van der Waals surface area contributed by atoms with Gasteiger partial charge >= 0.3 is 5.97 Å². The van der Waals surface area contributed by atoms with Crippen molar-refractivity contribution >= 4 is 17.3 Å². The highest BCUT2D eigenvalue weighted by molar-refractivity contribution is 6.10. The number of esters is 1. The van der Waals surface area contributed by atoms with Gasteiger partial charge in [0.25, 0.3) is 0 Å². The average Bonchev–Trinajstić information content (AvgIpc) is 3.08.